The maximum atomic E-state index is 5.82. The van der Waals surface area contributed by atoms with Crippen molar-refractivity contribution in [3.8, 4) is 0 Å². The van der Waals surface area contributed by atoms with Gasteiger partial charge in [-0.25, -0.2) is 0 Å². The molecular formula is C12H18ClN3. The van der Waals surface area contributed by atoms with Gasteiger partial charge in [0.1, 0.15) is 0 Å². The van der Waals surface area contributed by atoms with E-state index in [9.17, 15) is 0 Å². The lowest BCUT2D eigenvalue weighted by Crippen LogP contribution is -2.33. The molecule has 0 aliphatic rings. The normalized spacial score (nSPS) is 13.6. The number of hydrogen-bond acceptors (Lipinski definition) is 1. The molecular weight excluding hydrogens is 222 g/mol. The second-order valence-electron chi connectivity index (χ2n) is 3.68. The zero-order chi connectivity index (χ0) is 12.0. The third-order valence-electron chi connectivity index (χ3n) is 2.24. The van der Waals surface area contributed by atoms with E-state index in [0.717, 1.165) is 23.6 Å². The number of nitrogens with two attached hydrogens (primary N) is 1. The van der Waals surface area contributed by atoms with Crippen LogP contribution in [-0.4, -0.2) is 12.5 Å². The first-order valence-corrected chi connectivity index (χ1v) is 5.83. The highest BCUT2D eigenvalue weighted by molar-refractivity contribution is 6.30. The lowest BCUT2D eigenvalue weighted by Gasteiger charge is -2.14. The summed E-state index contributed by atoms with van der Waals surface area (Å²) in [6, 6.07) is 7.83. The van der Waals surface area contributed by atoms with E-state index in [0.29, 0.717) is 5.96 Å². The minimum atomic E-state index is 0.137. The maximum absolute atomic E-state index is 5.82. The summed E-state index contributed by atoms with van der Waals surface area (Å²) in [5, 5.41) is 3.87. The molecule has 1 aromatic carbocycles. The van der Waals surface area contributed by atoms with E-state index in [4.69, 9.17) is 17.3 Å². The van der Waals surface area contributed by atoms with Gasteiger partial charge in [-0.2, -0.15) is 0 Å². The monoisotopic (exact) mass is 239 g/mol. The van der Waals surface area contributed by atoms with Gasteiger partial charge in [0.05, 0.1) is 6.04 Å². The smallest absolute Gasteiger partial charge is 0.189 e. The van der Waals surface area contributed by atoms with Crippen molar-refractivity contribution in [2.24, 2.45) is 10.7 Å². The number of halogens is 1. The molecule has 0 fully saturated rings. The second kappa shape index (κ2) is 6.38. The Morgan fingerprint density at radius 3 is 2.62 bits per heavy atom. The molecule has 1 atom stereocenters. The molecule has 16 heavy (non-hydrogen) atoms. The third-order valence-corrected chi connectivity index (χ3v) is 2.49. The molecule has 0 radical (unpaired) electrons. The highest BCUT2D eigenvalue weighted by Gasteiger charge is 2.05. The molecule has 1 unspecified atom stereocenters. The van der Waals surface area contributed by atoms with Crippen molar-refractivity contribution < 1.29 is 0 Å². The lowest BCUT2D eigenvalue weighted by atomic mass is 10.1. The predicted molar refractivity (Wildman–Crippen MR) is 69.8 cm³/mol. The summed E-state index contributed by atoms with van der Waals surface area (Å²) in [7, 11) is 0. The Balaban J connectivity index is 2.58. The van der Waals surface area contributed by atoms with Crippen LogP contribution in [0.15, 0.2) is 29.3 Å². The van der Waals surface area contributed by atoms with Crippen LogP contribution in [0, 0.1) is 0 Å². The first-order valence-electron chi connectivity index (χ1n) is 5.45. The van der Waals surface area contributed by atoms with Gasteiger partial charge in [0.25, 0.3) is 0 Å². The SMILES string of the molecule is CCCN=C(N)NC(C)c1ccc(Cl)cc1. The molecule has 0 aliphatic heterocycles. The second-order valence-corrected chi connectivity index (χ2v) is 4.12. The molecule has 0 aromatic heterocycles. The Morgan fingerprint density at radius 1 is 1.44 bits per heavy atom. The molecule has 88 valence electrons. The first-order chi connectivity index (χ1) is 7.63. The average Bonchev–Trinajstić information content (AvgIpc) is 2.27. The first kappa shape index (κ1) is 12.8. The number of nitrogens with zero attached hydrogens (tertiary/aromatic N) is 1. The number of aliphatic imine (C=N–C) groups is 1. The minimum absolute atomic E-state index is 0.137. The molecule has 1 aromatic rings. The Morgan fingerprint density at radius 2 is 2.06 bits per heavy atom. The summed E-state index contributed by atoms with van der Waals surface area (Å²) >= 11 is 5.82. The number of benzene rings is 1. The van der Waals surface area contributed by atoms with Crippen LogP contribution in [-0.2, 0) is 0 Å². The van der Waals surface area contributed by atoms with Crippen molar-refractivity contribution in [1.82, 2.24) is 5.32 Å². The van der Waals surface area contributed by atoms with E-state index in [2.05, 4.69) is 17.2 Å². The van der Waals surface area contributed by atoms with Gasteiger partial charge in [-0.3, -0.25) is 4.99 Å². The van der Waals surface area contributed by atoms with E-state index in [-0.39, 0.29) is 6.04 Å². The van der Waals surface area contributed by atoms with Crippen LogP contribution in [0.25, 0.3) is 0 Å². The number of rotatable bonds is 4. The van der Waals surface area contributed by atoms with E-state index >= 15 is 0 Å². The van der Waals surface area contributed by atoms with E-state index in [1.807, 2.05) is 31.2 Å². The van der Waals surface area contributed by atoms with Gasteiger partial charge in [0.15, 0.2) is 5.96 Å². The van der Waals surface area contributed by atoms with Gasteiger partial charge in [0.2, 0.25) is 0 Å². The van der Waals surface area contributed by atoms with Crippen LogP contribution >= 0.6 is 11.6 Å². The molecule has 3 nitrogen and oxygen atoms in total. The minimum Gasteiger partial charge on any atom is -0.370 e. The third kappa shape index (κ3) is 4.11. The Labute approximate surface area is 102 Å². The topological polar surface area (TPSA) is 50.4 Å². The van der Waals surface area contributed by atoms with Crippen molar-refractivity contribution in [1.29, 1.82) is 0 Å². The molecule has 1 rings (SSSR count). The Kier molecular flexibility index (Phi) is 5.12. The molecule has 0 spiro atoms. The molecule has 3 N–H and O–H groups in total. The summed E-state index contributed by atoms with van der Waals surface area (Å²) in [6.45, 7) is 4.86. The van der Waals surface area contributed by atoms with Crippen LogP contribution in [0.5, 0.6) is 0 Å². The van der Waals surface area contributed by atoms with Crippen LogP contribution in [0.3, 0.4) is 0 Å². The highest BCUT2D eigenvalue weighted by Crippen LogP contribution is 2.15. The van der Waals surface area contributed by atoms with Crippen LogP contribution in [0.4, 0.5) is 0 Å². The Hall–Kier alpha value is -1.22. The lowest BCUT2D eigenvalue weighted by molar-refractivity contribution is 0.707. The molecule has 0 saturated heterocycles. The fraction of sp³-hybridized carbons (Fsp3) is 0.417. The average molecular weight is 240 g/mol. The van der Waals surface area contributed by atoms with Gasteiger partial charge in [0, 0.05) is 11.6 Å². The zero-order valence-electron chi connectivity index (χ0n) is 9.70. The van der Waals surface area contributed by atoms with Crippen molar-refractivity contribution >= 4 is 17.6 Å². The van der Waals surface area contributed by atoms with Crippen LogP contribution < -0.4 is 11.1 Å². The van der Waals surface area contributed by atoms with Gasteiger partial charge < -0.3 is 11.1 Å². The van der Waals surface area contributed by atoms with E-state index < -0.39 is 0 Å². The number of hydrogen-bond donors (Lipinski definition) is 2. The summed E-state index contributed by atoms with van der Waals surface area (Å²) in [5.74, 6) is 0.490. The highest BCUT2D eigenvalue weighted by atomic mass is 35.5. The zero-order valence-corrected chi connectivity index (χ0v) is 10.5. The van der Waals surface area contributed by atoms with E-state index in [1.165, 1.54) is 0 Å². The Bertz CT molecular complexity index is 346. The summed E-state index contributed by atoms with van der Waals surface area (Å²) in [6.07, 6.45) is 0.998. The largest absolute Gasteiger partial charge is 0.370 e. The molecule has 0 aliphatic carbocycles. The molecule has 0 saturated carbocycles. The quantitative estimate of drug-likeness (QED) is 0.627. The predicted octanol–water partition coefficient (Wildman–Crippen LogP) is 2.72. The summed E-state index contributed by atoms with van der Waals surface area (Å²) in [4.78, 5) is 4.18. The van der Waals surface area contributed by atoms with Gasteiger partial charge in [-0.1, -0.05) is 30.7 Å². The fourth-order valence-corrected chi connectivity index (χ4v) is 1.46. The molecule has 0 amide bonds. The summed E-state index contributed by atoms with van der Waals surface area (Å²) in [5.41, 5.74) is 6.88. The number of nitrogens with one attached hydrogen (secondary N) is 1. The number of guanidine groups is 1. The van der Waals surface area contributed by atoms with Crippen molar-refractivity contribution in [3.63, 3.8) is 0 Å². The standard InChI is InChI=1S/C12H18ClN3/c1-3-8-15-12(14)16-9(2)10-4-6-11(13)7-5-10/h4-7,9H,3,8H2,1-2H3,(H3,14,15,16). The van der Waals surface area contributed by atoms with Gasteiger partial charge in [-0.15, -0.1) is 0 Å². The van der Waals surface area contributed by atoms with Gasteiger partial charge >= 0.3 is 0 Å². The van der Waals surface area contributed by atoms with Gasteiger partial charge in [-0.05, 0) is 31.0 Å². The maximum Gasteiger partial charge on any atom is 0.189 e. The van der Waals surface area contributed by atoms with Crippen molar-refractivity contribution in [2.75, 3.05) is 6.54 Å². The van der Waals surface area contributed by atoms with Crippen LogP contribution in [0.1, 0.15) is 31.9 Å². The summed E-state index contributed by atoms with van der Waals surface area (Å²) < 4.78 is 0. The van der Waals surface area contributed by atoms with Crippen LogP contribution in [0.2, 0.25) is 5.02 Å². The fourth-order valence-electron chi connectivity index (χ4n) is 1.33. The molecule has 0 bridgehead atoms. The molecule has 0 heterocycles. The van der Waals surface area contributed by atoms with Crippen molar-refractivity contribution in [2.45, 2.75) is 26.3 Å². The van der Waals surface area contributed by atoms with E-state index in [1.54, 1.807) is 0 Å². The van der Waals surface area contributed by atoms with Crippen molar-refractivity contribution in [3.05, 3.63) is 34.9 Å². The molecule has 4 heteroatoms.